The highest BCUT2D eigenvalue weighted by Gasteiger charge is 1.78. The van der Waals surface area contributed by atoms with Crippen molar-refractivity contribution < 1.29 is 10.2 Å². The second-order valence-electron chi connectivity index (χ2n) is 0.974. The molecule has 2 nitrogen and oxygen atoms in total. The van der Waals surface area contributed by atoms with Crippen molar-refractivity contribution in [2.45, 2.75) is 13.3 Å². The summed E-state index contributed by atoms with van der Waals surface area (Å²) in [7, 11) is 0. The van der Waals surface area contributed by atoms with Crippen LogP contribution < -0.4 is 0 Å². The fourth-order valence-electron chi connectivity index (χ4n) is 0.0913. The summed E-state index contributed by atoms with van der Waals surface area (Å²) in [5.41, 5.74) is 0. The Bertz CT molecular complexity index is 56.6. The molecule has 0 aromatic rings. The molecule has 0 radical (unpaired) electrons. The molecule has 2 heteroatoms. The molecular weight excluding hydrogens is 80.0 g/mol. The molecule has 0 aliphatic carbocycles. The summed E-state index contributed by atoms with van der Waals surface area (Å²) in [6.45, 7) is 1.75. The van der Waals surface area contributed by atoms with E-state index >= 15 is 0 Å². The standard InChI is InChI=1S/C4H8O2/c1-2-4(6)3-5/h3,5-6H,2H2,1H3/b4-3-. The number of allylic oxidation sites excluding steroid dienone is 1. The summed E-state index contributed by atoms with van der Waals surface area (Å²) in [4.78, 5) is 0. The number of rotatable bonds is 1. The van der Waals surface area contributed by atoms with Crippen LogP contribution in [0.1, 0.15) is 13.3 Å². The maximum absolute atomic E-state index is 8.28. The molecule has 0 aliphatic heterocycles. The third kappa shape index (κ3) is 1.64. The number of hydrogen-bond donors (Lipinski definition) is 2. The summed E-state index contributed by atoms with van der Waals surface area (Å²) >= 11 is 0. The first-order valence-corrected chi connectivity index (χ1v) is 1.83. The minimum absolute atomic E-state index is 0.0231. The van der Waals surface area contributed by atoms with Crippen LogP contribution >= 0.6 is 0 Å². The third-order valence-corrected chi connectivity index (χ3v) is 0.511. The van der Waals surface area contributed by atoms with Gasteiger partial charge in [0.2, 0.25) is 0 Å². The van der Waals surface area contributed by atoms with E-state index in [1.165, 1.54) is 0 Å². The predicted molar refractivity (Wildman–Crippen MR) is 23.6 cm³/mol. The zero-order valence-electron chi connectivity index (χ0n) is 3.68. The molecule has 0 spiro atoms. The van der Waals surface area contributed by atoms with Gasteiger partial charge in [0, 0.05) is 6.42 Å². The molecule has 0 amide bonds. The lowest BCUT2D eigenvalue weighted by molar-refractivity contribution is 0.348. The van der Waals surface area contributed by atoms with E-state index in [0.29, 0.717) is 12.7 Å². The molecule has 0 atom stereocenters. The van der Waals surface area contributed by atoms with E-state index < -0.39 is 0 Å². The van der Waals surface area contributed by atoms with E-state index in [0.717, 1.165) is 0 Å². The fourth-order valence-corrected chi connectivity index (χ4v) is 0.0913. The van der Waals surface area contributed by atoms with Gasteiger partial charge in [0.25, 0.3) is 0 Å². The Morgan fingerprint density at radius 1 is 1.83 bits per heavy atom. The van der Waals surface area contributed by atoms with Crippen molar-refractivity contribution in [2.75, 3.05) is 0 Å². The van der Waals surface area contributed by atoms with Crippen LogP contribution in [-0.4, -0.2) is 10.2 Å². The Balaban J connectivity index is 3.22. The molecule has 0 aromatic carbocycles. The molecule has 0 rings (SSSR count). The first-order chi connectivity index (χ1) is 2.81. The molecule has 0 bridgehead atoms. The monoisotopic (exact) mass is 88.1 g/mol. The van der Waals surface area contributed by atoms with Gasteiger partial charge in [-0.15, -0.1) is 0 Å². The van der Waals surface area contributed by atoms with Gasteiger partial charge in [0.15, 0.2) is 0 Å². The predicted octanol–water partition coefficient (Wildman–Crippen LogP) is 1.35. The minimum Gasteiger partial charge on any atom is -0.512 e. The molecule has 6 heavy (non-hydrogen) atoms. The van der Waals surface area contributed by atoms with Gasteiger partial charge in [-0.3, -0.25) is 0 Å². The number of aliphatic hydroxyl groups excluding tert-OH is 2. The largest absolute Gasteiger partial charge is 0.512 e. The Morgan fingerprint density at radius 3 is 2.33 bits per heavy atom. The highest BCUT2D eigenvalue weighted by Crippen LogP contribution is 1.88. The Hall–Kier alpha value is -0.660. The maximum Gasteiger partial charge on any atom is 0.126 e. The van der Waals surface area contributed by atoms with Crippen molar-refractivity contribution in [1.82, 2.24) is 0 Å². The molecule has 0 saturated carbocycles. The second-order valence-corrected chi connectivity index (χ2v) is 0.974. The lowest BCUT2D eigenvalue weighted by Gasteiger charge is -1.83. The highest BCUT2D eigenvalue weighted by molar-refractivity contribution is 4.79. The average Bonchev–Trinajstić information content (AvgIpc) is 1.65. The first-order valence-electron chi connectivity index (χ1n) is 1.83. The molecular formula is C4H8O2. The van der Waals surface area contributed by atoms with Crippen molar-refractivity contribution >= 4 is 0 Å². The molecule has 0 unspecified atom stereocenters. The van der Waals surface area contributed by atoms with Crippen LogP contribution in [0.15, 0.2) is 12.0 Å². The quantitative estimate of drug-likeness (QED) is 0.475. The molecule has 0 aliphatic rings. The average molecular weight is 88.1 g/mol. The number of hydrogen-bond acceptors (Lipinski definition) is 2. The summed E-state index contributed by atoms with van der Waals surface area (Å²) in [5, 5.41) is 16.2. The molecule has 0 saturated heterocycles. The zero-order chi connectivity index (χ0) is 4.99. The van der Waals surface area contributed by atoms with Crippen LogP contribution in [0, 0.1) is 0 Å². The van der Waals surface area contributed by atoms with Crippen molar-refractivity contribution in [2.24, 2.45) is 0 Å². The molecule has 0 aromatic heterocycles. The Morgan fingerprint density at radius 2 is 2.33 bits per heavy atom. The first kappa shape index (κ1) is 5.34. The Kier molecular flexibility index (Phi) is 2.29. The summed E-state index contributed by atoms with van der Waals surface area (Å²) in [6.07, 6.45) is 1.19. The second kappa shape index (κ2) is 2.57. The van der Waals surface area contributed by atoms with Crippen LogP contribution in [0.5, 0.6) is 0 Å². The van der Waals surface area contributed by atoms with Crippen LogP contribution in [0.4, 0.5) is 0 Å². The highest BCUT2D eigenvalue weighted by atomic mass is 16.3. The molecule has 36 valence electrons. The van der Waals surface area contributed by atoms with Crippen molar-refractivity contribution in [3.05, 3.63) is 12.0 Å². The lowest BCUT2D eigenvalue weighted by atomic mass is 10.4. The summed E-state index contributed by atoms with van der Waals surface area (Å²) in [5.74, 6) is 0.0231. The van der Waals surface area contributed by atoms with Gasteiger partial charge in [-0.05, 0) is 0 Å². The van der Waals surface area contributed by atoms with Gasteiger partial charge < -0.3 is 10.2 Å². The van der Waals surface area contributed by atoms with Gasteiger partial charge in [-0.2, -0.15) is 0 Å². The van der Waals surface area contributed by atoms with Crippen molar-refractivity contribution in [1.29, 1.82) is 0 Å². The van der Waals surface area contributed by atoms with E-state index in [-0.39, 0.29) is 5.76 Å². The van der Waals surface area contributed by atoms with Crippen LogP contribution in [-0.2, 0) is 0 Å². The van der Waals surface area contributed by atoms with E-state index in [1.54, 1.807) is 6.92 Å². The third-order valence-electron chi connectivity index (χ3n) is 0.511. The van der Waals surface area contributed by atoms with E-state index in [2.05, 4.69) is 0 Å². The Labute approximate surface area is 36.7 Å². The lowest BCUT2D eigenvalue weighted by Crippen LogP contribution is -1.72. The normalized spacial score (nSPS) is 11.8. The van der Waals surface area contributed by atoms with Crippen molar-refractivity contribution in [3.8, 4) is 0 Å². The van der Waals surface area contributed by atoms with E-state index in [4.69, 9.17) is 10.2 Å². The van der Waals surface area contributed by atoms with Crippen LogP contribution in [0.25, 0.3) is 0 Å². The van der Waals surface area contributed by atoms with E-state index in [9.17, 15) is 0 Å². The fraction of sp³-hybridized carbons (Fsp3) is 0.500. The molecule has 0 fully saturated rings. The summed E-state index contributed by atoms with van der Waals surface area (Å²) < 4.78 is 0. The van der Waals surface area contributed by atoms with Crippen LogP contribution in [0.2, 0.25) is 0 Å². The SMILES string of the molecule is CC/C(O)=C/O. The van der Waals surface area contributed by atoms with Crippen molar-refractivity contribution in [3.63, 3.8) is 0 Å². The smallest absolute Gasteiger partial charge is 0.126 e. The van der Waals surface area contributed by atoms with E-state index in [1.807, 2.05) is 0 Å². The maximum atomic E-state index is 8.28. The number of aliphatic hydroxyl groups is 2. The van der Waals surface area contributed by atoms with Gasteiger partial charge >= 0.3 is 0 Å². The summed E-state index contributed by atoms with van der Waals surface area (Å²) in [6, 6.07) is 0. The molecule has 2 N–H and O–H groups in total. The van der Waals surface area contributed by atoms with Gasteiger partial charge in [-0.1, -0.05) is 6.92 Å². The van der Waals surface area contributed by atoms with Gasteiger partial charge in [0.05, 0.1) is 0 Å². The van der Waals surface area contributed by atoms with Crippen LogP contribution in [0.3, 0.4) is 0 Å². The minimum atomic E-state index is 0.0231. The van der Waals surface area contributed by atoms with Gasteiger partial charge in [-0.25, -0.2) is 0 Å². The van der Waals surface area contributed by atoms with Gasteiger partial charge in [0.1, 0.15) is 12.0 Å². The zero-order valence-corrected chi connectivity index (χ0v) is 3.68. The topological polar surface area (TPSA) is 40.5 Å². The molecule has 0 heterocycles.